The summed E-state index contributed by atoms with van der Waals surface area (Å²) >= 11 is 0. The number of para-hydroxylation sites is 1. The van der Waals surface area contributed by atoms with E-state index in [1.807, 2.05) is 19.1 Å². The molecule has 0 unspecified atom stereocenters. The Morgan fingerprint density at radius 2 is 1.86 bits per heavy atom. The van der Waals surface area contributed by atoms with Gasteiger partial charge in [0.1, 0.15) is 0 Å². The van der Waals surface area contributed by atoms with E-state index in [0.717, 1.165) is 12.1 Å². The molecule has 0 aliphatic carbocycles. The van der Waals surface area contributed by atoms with Crippen molar-refractivity contribution in [1.82, 2.24) is 4.57 Å². The summed E-state index contributed by atoms with van der Waals surface area (Å²) in [5.41, 5.74) is 10.6. The predicted molar refractivity (Wildman–Crippen MR) is 85.5 cm³/mol. The SMILES string of the molecule is Cc1cc(C(N)=O)ccc1Cn1c(C)cc2ccccc21. The molecule has 3 nitrogen and oxygen atoms in total. The number of hydrogen-bond donors (Lipinski definition) is 1. The van der Waals surface area contributed by atoms with Crippen LogP contribution < -0.4 is 5.73 Å². The monoisotopic (exact) mass is 278 g/mol. The Labute approximate surface area is 124 Å². The summed E-state index contributed by atoms with van der Waals surface area (Å²) in [4.78, 5) is 11.2. The molecular formula is C18H18N2O. The van der Waals surface area contributed by atoms with Crippen molar-refractivity contribution < 1.29 is 4.79 Å². The summed E-state index contributed by atoms with van der Waals surface area (Å²) in [6.07, 6.45) is 0. The molecule has 1 heterocycles. The Bertz CT molecular complexity index is 830. The van der Waals surface area contributed by atoms with Crippen LogP contribution in [0.1, 0.15) is 27.2 Å². The van der Waals surface area contributed by atoms with Crippen molar-refractivity contribution in [2.24, 2.45) is 5.73 Å². The number of amides is 1. The molecule has 2 aromatic carbocycles. The van der Waals surface area contributed by atoms with Gasteiger partial charge in [-0.1, -0.05) is 24.3 Å². The van der Waals surface area contributed by atoms with Crippen LogP contribution in [0.25, 0.3) is 10.9 Å². The lowest BCUT2D eigenvalue weighted by Gasteiger charge is -2.12. The van der Waals surface area contributed by atoms with E-state index < -0.39 is 0 Å². The van der Waals surface area contributed by atoms with E-state index in [0.29, 0.717) is 5.56 Å². The lowest BCUT2D eigenvalue weighted by Crippen LogP contribution is -2.12. The molecule has 0 aliphatic heterocycles. The van der Waals surface area contributed by atoms with Gasteiger partial charge in [0.25, 0.3) is 0 Å². The summed E-state index contributed by atoms with van der Waals surface area (Å²) in [6, 6.07) is 16.2. The van der Waals surface area contributed by atoms with Crippen LogP contribution in [0.4, 0.5) is 0 Å². The van der Waals surface area contributed by atoms with E-state index >= 15 is 0 Å². The molecular weight excluding hydrogens is 260 g/mol. The zero-order valence-electron chi connectivity index (χ0n) is 12.3. The maximum atomic E-state index is 11.2. The van der Waals surface area contributed by atoms with Crippen molar-refractivity contribution in [3.63, 3.8) is 0 Å². The van der Waals surface area contributed by atoms with E-state index in [1.54, 1.807) is 6.07 Å². The minimum absolute atomic E-state index is 0.382. The zero-order chi connectivity index (χ0) is 15.0. The number of carbonyl (C=O) groups is 1. The Morgan fingerprint density at radius 3 is 2.57 bits per heavy atom. The van der Waals surface area contributed by atoms with Gasteiger partial charge in [0.05, 0.1) is 0 Å². The van der Waals surface area contributed by atoms with Gasteiger partial charge < -0.3 is 10.3 Å². The van der Waals surface area contributed by atoms with Crippen LogP contribution in [0.2, 0.25) is 0 Å². The zero-order valence-corrected chi connectivity index (χ0v) is 12.3. The largest absolute Gasteiger partial charge is 0.366 e. The Morgan fingerprint density at radius 1 is 1.10 bits per heavy atom. The number of fused-ring (bicyclic) bond motifs is 1. The van der Waals surface area contributed by atoms with Gasteiger partial charge in [0.15, 0.2) is 0 Å². The molecule has 0 saturated carbocycles. The molecule has 3 heteroatoms. The third-order valence-electron chi connectivity index (χ3n) is 3.97. The van der Waals surface area contributed by atoms with Crippen molar-refractivity contribution in [3.05, 3.63) is 70.9 Å². The van der Waals surface area contributed by atoms with Crippen LogP contribution in [0.5, 0.6) is 0 Å². The van der Waals surface area contributed by atoms with Crippen LogP contribution in [-0.4, -0.2) is 10.5 Å². The van der Waals surface area contributed by atoms with Gasteiger partial charge in [-0.05, 0) is 54.6 Å². The van der Waals surface area contributed by atoms with Crippen LogP contribution in [0.15, 0.2) is 48.5 Å². The van der Waals surface area contributed by atoms with Gasteiger partial charge in [-0.2, -0.15) is 0 Å². The molecule has 0 atom stereocenters. The second kappa shape index (κ2) is 5.09. The first-order valence-corrected chi connectivity index (χ1v) is 7.00. The lowest BCUT2D eigenvalue weighted by molar-refractivity contribution is 0.1000. The standard InChI is InChI=1S/C18H18N2O/c1-12-9-15(18(19)21)7-8-16(12)11-20-13(2)10-14-5-3-4-6-17(14)20/h3-10H,11H2,1-2H3,(H2,19,21). The summed E-state index contributed by atoms with van der Waals surface area (Å²) in [7, 11) is 0. The highest BCUT2D eigenvalue weighted by molar-refractivity contribution is 5.93. The van der Waals surface area contributed by atoms with Gasteiger partial charge in [0.2, 0.25) is 5.91 Å². The highest BCUT2D eigenvalue weighted by Gasteiger charge is 2.08. The highest BCUT2D eigenvalue weighted by Crippen LogP contribution is 2.22. The summed E-state index contributed by atoms with van der Waals surface area (Å²) in [6.45, 7) is 4.93. The Hall–Kier alpha value is -2.55. The molecule has 0 bridgehead atoms. The summed E-state index contributed by atoms with van der Waals surface area (Å²) in [5, 5.41) is 1.25. The lowest BCUT2D eigenvalue weighted by atomic mass is 10.0. The van der Waals surface area contributed by atoms with Gasteiger partial charge in [0, 0.05) is 23.3 Å². The highest BCUT2D eigenvalue weighted by atomic mass is 16.1. The van der Waals surface area contributed by atoms with Crippen molar-refractivity contribution in [3.8, 4) is 0 Å². The van der Waals surface area contributed by atoms with Crippen LogP contribution in [0.3, 0.4) is 0 Å². The van der Waals surface area contributed by atoms with E-state index in [4.69, 9.17) is 5.73 Å². The van der Waals surface area contributed by atoms with Crippen LogP contribution in [0, 0.1) is 13.8 Å². The van der Waals surface area contributed by atoms with Gasteiger partial charge in [-0.25, -0.2) is 0 Å². The molecule has 0 spiro atoms. The van der Waals surface area contributed by atoms with E-state index in [1.165, 1.54) is 22.2 Å². The number of hydrogen-bond acceptors (Lipinski definition) is 1. The number of carbonyl (C=O) groups excluding carboxylic acids is 1. The van der Waals surface area contributed by atoms with E-state index in [2.05, 4.69) is 41.8 Å². The first kappa shape index (κ1) is 13.4. The topological polar surface area (TPSA) is 48.0 Å². The normalized spacial score (nSPS) is 11.0. The maximum absolute atomic E-state index is 11.2. The number of benzene rings is 2. The third-order valence-corrected chi connectivity index (χ3v) is 3.97. The van der Waals surface area contributed by atoms with Gasteiger partial charge in [-0.15, -0.1) is 0 Å². The number of primary amides is 1. The molecule has 0 saturated heterocycles. The molecule has 2 N–H and O–H groups in total. The molecule has 3 rings (SSSR count). The molecule has 0 aliphatic rings. The molecule has 3 aromatic rings. The second-order valence-electron chi connectivity index (χ2n) is 5.44. The van der Waals surface area contributed by atoms with Crippen LogP contribution >= 0.6 is 0 Å². The van der Waals surface area contributed by atoms with E-state index in [-0.39, 0.29) is 5.91 Å². The minimum atomic E-state index is -0.382. The molecule has 21 heavy (non-hydrogen) atoms. The number of aromatic nitrogens is 1. The fraction of sp³-hybridized carbons (Fsp3) is 0.167. The fourth-order valence-electron chi connectivity index (χ4n) is 2.76. The Kier molecular flexibility index (Phi) is 3.26. The quantitative estimate of drug-likeness (QED) is 0.784. The van der Waals surface area contributed by atoms with Crippen molar-refractivity contribution in [1.29, 1.82) is 0 Å². The van der Waals surface area contributed by atoms with Crippen molar-refractivity contribution >= 4 is 16.8 Å². The van der Waals surface area contributed by atoms with Crippen molar-refractivity contribution in [2.75, 3.05) is 0 Å². The predicted octanol–water partition coefficient (Wildman–Crippen LogP) is 3.41. The number of nitrogens with two attached hydrogens (primary N) is 1. The number of aryl methyl sites for hydroxylation is 2. The first-order valence-electron chi connectivity index (χ1n) is 7.00. The smallest absolute Gasteiger partial charge is 0.248 e. The average molecular weight is 278 g/mol. The molecule has 1 amide bonds. The van der Waals surface area contributed by atoms with Crippen molar-refractivity contribution in [2.45, 2.75) is 20.4 Å². The Balaban J connectivity index is 2.03. The van der Waals surface area contributed by atoms with Gasteiger partial charge >= 0.3 is 0 Å². The second-order valence-corrected chi connectivity index (χ2v) is 5.44. The molecule has 106 valence electrons. The van der Waals surface area contributed by atoms with Gasteiger partial charge in [-0.3, -0.25) is 4.79 Å². The van der Waals surface area contributed by atoms with Crippen LogP contribution in [-0.2, 0) is 6.54 Å². The fourth-order valence-corrected chi connectivity index (χ4v) is 2.76. The first-order chi connectivity index (χ1) is 10.1. The summed E-state index contributed by atoms with van der Waals surface area (Å²) in [5.74, 6) is -0.382. The third kappa shape index (κ3) is 2.42. The molecule has 0 radical (unpaired) electrons. The number of nitrogens with zero attached hydrogens (tertiary/aromatic N) is 1. The maximum Gasteiger partial charge on any atom is 0.248 e. The molecule has 0 fully saturated rings. The summed E-state index contributed by atoms with van der Waals surface area (Å²) < 4.78 is 2.29. The average Bonchev–Trinajstić information content (AvgIpc) is 2.77. The van der Waals surface area contributed by atoms with E-state index in [9.17, 15) is 4.79 Å². The molecule has 1 aromatic heterocycles. The minimum Gasteiger partial charge on any atom is -0.366 e. The number of rotatable bonds is 3.